The minimum atomic E-state index is 0.0756. The summed E-state index contributed by atoms with van der Waals surface area (Å²) >= 11 is 0. The fourth-order valence-electron chi connectivity index (χ4n) is 2.57. The molecule has 1 aliphatic heterocycles. The smallest absolute Gasteiger partial charge is 0.224 e. The number of carbonyl (C=O) groups excluding carboxylic acids is 1. The van der Waals surface area contributed by atoms with Crippen LogP contribution >= 0.6 is 0 Å². The highest BCUT2D eigenvalue weighted by Crippen LogP contribution is 2.21. The molecule has 1 aromatic heterocycles. The van der Waals surface area contributed by atoms with Crippen LogP contribution in [-0.4, -0.2) is 38.1 Å². The largest absolute Gasteiger partial charge is 0.361 e. The van der Waals surface area contributed by atoms with Crippen molar-refractivity contribution < 1.29 is 4.79 Å². The van der Waals surface area contributed by atoms with E-state index in [4.69, 9.17) is 0 Å². The zero-order valence-electron chi connectivity index (χ0n) is 12.4. The van der Waals surface area contributed by atoms with E-state index in [2.05, 4.69) is 15.6 Å². The average Bonchev–Trinajstić information content (AvgIpc) is 2.46. The number of aromatic nitrogens is 1. The SMILES string of the molecule is CN(C)c1ncccc1NC(=O)CCC1CCCNC1. The van der Waals surface area contributed by atoms with Crippen molar-refractivity contribution in [1.29, 1.82) is 0 Å². The van der Waals surface area contributed by atoms with E-state index in [1.807, 2.05) is 31.1 Å². The van der Waals surface area contributed by atoms with Crippen LogP contribution in [0, 0.1) is 5.92 Å². The average molecular weight is 276 g/mol. The fourth-order valence-corrected chi connectivity index (χ4v) is 2.57. The lowest BCUT2D eigenvalue weighted by atomic mass is 9.94. The summed E-state index contributed by atoms with van der Waals surface area (Å²) in [6, 6.07) is 3.73. The van der Waals surface area contributed by atoms with Gasteiger partial charge in [0.15, 0.2) is 5.82 Å². The van der Waals surface area contributed by atoms with Crippen LogP contribution in [0.4, 0.5) is 11.5 Å². The molecule has 0 radical (unpaired) electrons. The Morgan fingerprint density at radius 3 is 3.10 bits per heavy atom. The summed E-state index contributed by atoms with van der Waals surface area (Å²) in [6.07, 6.45) is 5.72. The molecule has 0 bridgehead atoms. The van der Waals surface area contributed by atoms with E-state index in [9.17, 15) is 4.79 Å². The number of rotatable bonds is 5. The lowest BCUT2D eigenvalue weighted by molar-refractivity contribution is -0.116. The van der Waals surface area contributed by atoms with Gasteiger partial charge in [-0.25, -0.2) is 4.98 Å². The molecular formula is C15H24N4O. The molecule has 20 heavy (non-hydrogen) atoms. The number of hydrogen-bond acceptors (Lipinski definition) is 4. The molecule has 1 atom stereocenters. The monoisotopic (exact) mass is 276 g/mol. The lowest BCUT2D eigenvalue weighted by Crippen LogP contribution is -2.30. The Morgan fingerprint density at radius 1 is 1.55 bits per heavy atom. The molecule has 5 heteroatoms. The molecule has 0 saturated carbocycles. The van der Waals surface area contributed by atoms with Crippen molar-refractivity contribution in [3.05, 3.63) is 18.3 Å². The van der Waals surface area contributed by atoms with Crippen molar-refractivity contribution in [2.45, 2.75) is 25.7 Å². The third kappa shape index (κ3) is 4.20. The van der Waals surface area contributed by atoms with E-state index in [1.54, 1.807) is 6.20 Å². The Kier molecular flexibility index (Phi) is 5.35. The van der Waals surface area contributed by atoms with Gasteiger partial charge in [0.2, 0.25) is 5.91 Å². The predicted molar refractivity (Wildman–Crippen MR) is 82.0 cm³/mol. The molecule has 110 valence electrons. The highest BCUT2D eigenvalue weighted by molar-refractivity contribution is 5.93. The van der Waals surface area contributed by atoms with Crippen molar-refractivity contribution in [2.75, 3.05) is 37.4 Å². The van der Waals surface area contributed by atoms with Crippen molar-refractivity contribution in [1.82, 2.24) is 10.3 Å². The molecule has 1 aromatic rings. The zero-order valence-corrected chi connectivity index (χ0v) is 12.4. The number of carbonyl (C=O) groups is 1. The van der Waals surface area contributed by atoms with Gasteiger partial charge in [-0.1, -0.05) is 0 Å². The van der Waals surface area contributed by atoms with Gasteiger partial charge >= 0.3 is 0 Å². The van der Waals surface area contributed by atoms with Crippen LogP contribution in [0.2, 0.25) is 0 Å². The quantitative estimate of drug-likeness (QED) is 0.862. The first kappa shape index (κ1) is 14.8. The maximum atomic E-state index is 12.1. The second-order valence-electron chi connectivity index (χ2n) is 5.57. The van der Waals surface area contributed by atoms with Gasteiger partial charge in [0.25, 0.3) is 0 Å². The Bertz CT molecular complexity index is 441. The molecule has 2 heterocycles. The standard InChI is InChI=1S/C15H24N4O/c1-19(2)15-13(6-4-10-17-15)18-14(20)8-7-12-5-3-9-16-11-12/h4,6,10,12,16H,3,5,7-9,11H2,1-2H3,(H,18,20). The second kappa shape index (κ2) is 7.24. The number of hydrogen-bond donors (Lipinski definition) is 2. The molecule has 1 unspecified atom stereocenters. The van der Waals surface area contributed by atoms with Crippen molar-refractivity contribution in [3.8, 4) is 0 Å². The molecule has 0 aliphatic carbocycles. The maximum absolute atomic E-state index is 12.1. The topological polar surface area (TPSA) is 57.3 Å². The van der Waals surface area contributed by atoms with Crippen molar-refractivity contribution in [2.24, 2.45) is 5.92 Å². The van der Waals surface area contributed by atoms with Gasteiger partial charge < -0.3 is 15.5 Å². The molecule has 5 nitrogen and oxygen atoms in total. The molecule has 0 spiro atoms. The number of nitrogens with zero attached hydrogens (tertiary/aromatic N) is 2. The van der Waals surface area contributed by atoms with Crippen molar-refractivity contribution >= 4 is 17.4 Å². The summed E-state index contributed by atoms with van der Waals surface area (Å²) in [5.41, 5.74) is 0.782. The van der Waals surface area contributed by atoms with E-state index in [1.165, 1.54) is 12.8 Å². The zero-order chi connectivity index (χ0) is 14.4. The fraction of sp³-hybridized carbons (Fsp3) is 0.600. The first-order valence-corrected chi connectivity index (χ1v) is 7.29. The van der Waals surface area contributed by atoms with Gasteiger partial charge in [-0.15, -0.1) is 0 Å². The molecule has 1 aliphatic rings. The predicted octanol–water partition coefficient (Wildman–Crippen LogP) is 1.87. The van der Waals surface area contributed by atoms with Gasteiger partial charge in [0.1, 0.15) is 0 Å². The van der Waals surface area contributed by atoms with Crippen LogP contribution in [0.25, 0.3) is 0 Å². The lowest BCUT2D eigenvalue weighted by Gasteiger charge is -2.22. The Balaban J connectivity index is 1.85. The van der Waals surface area contributed by atoms with Crippen LogP contribution in [0.3, 0.4) is 0 Å². The molecule has 1 saturated heterocycles. The highest BCUT2D eigenvalue weighted by Gasteiger charge is 2.15. The summed E-state index contributed by atoms with van der Waals surface area (Å²) in [5, 5.41) is 6.35. The first-order chi connectivity index (χ1) is 9.66. The summed E-state index contributed by atoms with van der Waals surface area (Å²) in [6.45, 7) is 2.16. The van der Waals surface area contributed by atoms with Crippen LogP contribution in [0.15, 0.2) is 18.3 Å². The Hall–Kier alpha value is -1.62. The molecule has 2 N–H and O–H groups in total. The van der Waals surface area contributed by atoms with Gasteiger partial charge in [-0.3, -0.25) is 4.79 Å². The number of anilines is 2. The molecule has 0 aromatic carbocycles. The third-order valence-electron chi connectivity index (χ3n) is 3.66. The van der Waals surface area contributed by atoms with E-state index in [0.29, 0.717) is 12.3 Å². The van der Waals surface area contributed by atoms with Gasteiger partial charge in [-0.05, 0) is 50.4 Å². The van der Waals surface area contributed by atoms with E-state index in [-0.39, 0.29) is 5.91 Å². The van der Waals surface area contributed by atoms with Crippen LogP contribution in [0.5, 0.6) is 0 Å². The molecule has 2 rings (SSSR count). The van der Waals surface area contributed by atoms with E-state index >= 15 is 0 Å². The molecular weight excluding hydrogens is 252 g/mol. The third-order valence-corrected chi connectivity index (χ3v) is 3.66. The van der Waals surface area contributed by atoms with Crippen LogP contribution < -0.4 is 15.5 Å². The van der Waals surface area contributed by atoms with E-state index in [0.717, 1.165) is 31.0 Å². The summed E-state index contributed by atoms with van der Waals surface area (Å²) < 4.78 is 0. The minimum absolute atomic E-state index is 0.0756. The van der Waals surface area contributed by atoms with Crippen LogP contribution in [0.1, 0.15) is 25.7 Å². The normalized spacial score (nSPS) is 18.6. The van der Waals surface area contributed by atoms with Gasteiger partial charge in [-0.2, -0.15) is 0 Å². The molecule has 1 amide bonds. The van der Waals surface area contributed by atoms with Crippen molar-refractivity contribution in [3.63, 3.8) is 0 Å². The Morgan fingerprint density at radius 2 is 2.40 bits per heavy atom. The minimum Gasteiger partial charge on any atom is -0.361 e. The summed E-state index contributed by atoms with van der Waals surface area (Å²) in [7, 11) is 3.84. The Labute approximate surface area is 120 Å². The van der Waals surface area contributed by atoms with Gasteiger partial charge in [0, 0.05) is 26.7 Å². The molecule has 1 fully saturated rings. The first-order valence-electron chi connectivity index (χ1n) is 7.29. The summed E-state index contributed by atoms with van der Waals surface area (Å²) in [5.74, 6) is 1.50. The number of piperidine rings is 1. The maximum Gasteiger partial charge on any atom is 0.224 e. The van der Waals surface area contributed by atoms with E-state index < -0.39 is 0 Å². The number of amides is 1. The second-order valence-corrected chi connectivity index (χ2v) is 5.57. The number of nitrogens with one attached hydrogen (secondary N) is 2. The van der Waals surface area contributed by atoms with Crippen LogP contribution in [-0.2, 0) is 4.79 Å². The van der Waals surface area contributed by atoms with Gasteiger partial charge in [0.05, 0.1) is 5.69 Å². The highest BCUT2D eigenvalue weighted by atomic mass is 16.1. The number of pyridine rings is 1. The summed E-state index contributed by atoms with van der Waals surface area (Å²) in [4.78, 5) is 18.2.